The zero-order valence-corrected chi connectivity index (χ0v) is 16.9. The van der Waals surface area contributed by atoms with Gasteiger partial charge in [0.2, 0.25) is 0 Å². The minimum Gasteiger partial charge on any atom is -0.352 e. The summed E-state index contributed by atoms with van der Waals surface area (Å²) in [5, 5.41) is 3.08. The molecule has 3 aromatic carbocycles. The van der Waals surface area contributed by atoms with Gasteiger partial charge in [-0.05, 0) is 56.3 Å². The Morgan fingerprint density at radius 3 is 2.25 bits per heavy atom. The number of nitrogens with one attached hydrogen (secondary N) is 1. The maximum atomic E-state index is 12.6. The Kier molecular flexibility index (Phi) is 6.62. The molecule has 0 bridgehead atoms. The first-order chi connectivity index (χ1) is 13.5. The van der Waals surface area contributed by atoms with Crippen molar-refractivity contribution in [2.24, 2.45) is 0 Å². The maximum Gasteiger partial charge on any atom is 0.251 e. The Morgan fingerprint density at radius 2 is 1.57 bits per heavy atom. The molecule has 0 radical (unpaired) electrons. The smallest absolute Gasteiger partial charge is 0.251 e. The van der Waals surface area contributed by atoms with E-state index >= 15 is 0 Å². The molecule has 0 saturated heterocycles. The van der Waals surface area contributed by atoms with Crippen molar-refractivity contribution in [2.45, 2.75) is 19.4 Å². The van der Waals surface area contributed by atoms with Crippen LogP contribution in [0.1, 0.15) is 33.9 Å². The lowest BCUT2D eigenvalue weighted by Gasteiger charge is -2.25. The number of amides is 1. The predicted molar refractivity (Wildman–Crippen MR) is 116 cm³/mol. The number of rotatable bonds is 7. The lowest BCUT2D eigenvalue weighted by Crippen LogP contribution is -2.29. The Morgan fingerprint density at radius 1 is 0.893 bits per heavy atom. The van der Waals surface area contributed by atoms with Crippen LogP contribution in [0.15, 0.2) is 78.9 Å². The fraction of sp³-hybridized carbons (Fsp3) is 0.240. The van der Waals surface area contributed by atoms with Crippen molar-refractivity contribution >= 4 is 5.91 Å². The third-order valence-electron chi connectivity index (χ3n) is 5.02. The predicted octanol–water partition coefficient (Wildman–Crippen LogP) is 5.08. The molecule has 144 valence electrons. The van der Waals surface area contributed by atoms with Crippen molar-refractivity contribution in [3.63, 3.8) is 0 Å². The Bertz CT molecular complexity index is 901. The Balaban J connectivity index is 1.63. The van der Waals surface area contributed by atoms with E-state index in [1.807, 2.05) is 42.5 Å². The summed E-state index contributed by atoms with van der Waals surface area (Å²) < 4.78 is 0. The molecule has 0 aliphatic carbocycles. The lowest BCUT2D eigenvalue weighted by atomic mass is 10.0. The van der Waals surface area contributed by atoms with Gasteiger partial charge >= 0.3 is 0 Å². The van der Waals surface area contributed by atoms with Crippen LogP contribution in [-0.2, 0) is 0 Å². The molecule has 3 rings (SSSR count). The summed E-state index contributed by atoms with van der Waals surface area (Å²) in [5.74, 6) is -0.0285. The minimum absolute atomic E-state index is 0.0285. The second kappa shape index (κ2) is 9.34. The van der Waals surface area contributed by atoms with Crippen molar-refractivity contribution in [2.75, 3.05) is 20.6 Å². The molecule has 1 unspecified atom stereocenters. The first-order valence-electron chi connectivity index (χ1n) is 9.71. The normalized spacial score (nSPS) is 12.0. The number of carbonyl (C=O) groups is 1. The molecule has 0 aromatic heterocycles. The van der Waals surface area contributed by atoms with Crippen molar-refractivity contribution in [3.8, 4) is 11.1 Å². The summed E-state index contributed by atoms with van der Waals surface area (Å²) in [5.41, 5.74) is 5.39. The number of hydrogen-bond donors (Lipinski definition) is 1. The summed E-state index contributed by atoms with van der Waals surface area (Å²) in [6.07, 6.45) is 0.861. The summed E-state index contributed by atoms with van der Waals surface area (Å²) >= 11 is 0. The molecular weight excluding hydrogens is 344 g/mol. The third kappa shape index (κ3) is 5.08. The van der Waals surface area contributed by atoms with Gasteiger partial charge in [-0.2, -0.15) is 0 Å². The van der Waals surface area contributed by atoms with Crippen LogP contribution in [0, 0.1) is 6.92 Å². The van der Waals surface area contributed by atoms with Gasteiger partial charge in [-0.25, -0.2) is 0 Å². The van der Waals surface area contributed by atoms with E-state index in [-0.39, 0.29) is 11.9 Å². The van der Waals surface area contributed by atoms with Crippen LogP contribution in [0.4, 0.5) is 0 Å². The average Bonchev–Trinajstić information content (AvgIpc) is 2.72. The van der Waals surface area contributed by atoms with Crippen molar-refractivity contribution in [1.29, 1.82) is 0 Å². The van der Waals surface area contributed by atoms with E-state index in [0.29, 0.717) is 12.1 Å². The fourth-order valence-corrected chi connectivity index (χ4v) is 3.41. The van der Waals surface area contributed by atoms with Gasteiger partial charge in [-0.1, -0.05) is 72.3 Å². The summed E-state index contributed by atoms with van der Waals surface area (Å²) in [6, 6.07) is 26.8. The standard InChI is InChI=1S/C25H28N2O/c1-19-12-14-21(15-13-19)24(27(2)3)16-17-26-25(28)23-11-7-10-22(18-23)20-8-5-4-6-9-20/h4-15,18,24H,16-17H2,1-3H3,(H,26,28). The van der Waals surface area contributed by atoms with Gasteiger partial charge in [0.05, 0.1) is 0 Å². The van der Waals surface area contributed by atoms with Crippen LogP contribution in [0.3, 0.4) is 0 Å². The number of hydrogen-bond acceptors (Lipinski definition) is 2. The van der Waals surface area contributed by atoms with Crippen molar-refractivity contribution in [1.82, 2.24) is 10.2 Å². The Labute approximate surface area is 168 Å². The van der Waals surface area contributed by atoms with Crippen LogP contribution in [-0.4, -0.2) is 31.4 Å². The molecule has 0 heterocycles. The van der Waals surface area contributed by atoms with E-state index in [4.69, 9.17) is 0 Å². The summed E-state index contributed by atoms with van der Waals surface area (Å²) in [7, 11) is 4.16. The molecule has 1 amide bonds. The number of carbonyl (C=O) groups excluding carboxylic acids is 1. The van der Waals surface area contributed by atoms with Crippen LogP contribution in [0.5, 0.6) is 0 Å². The highest BCUT2D eigenvalue weighted by Crippen LogP contribution is 2.22. The minimum atomic E-state index is -0.0285. The van der Waals surface area contributed by atoms with Crippen LogP contribution in [0.2, 0.25) is 0 Å². The molecular formula is C25H28N2O. The highest BCUT2D eigenvalue weighted by molar-refractivity contribution is 5.95. The van der Waals surface area contributed by atoms with E-state index in [0.717, 1.165) is 17.5 Å². The molecule has 0 aliphatic heterocycles. The van der Waals surface area contributed by atoms with Gasteiger partial charge in [0, 0.05) is 18.2 Å². The van der Waals surface area contributed by atoms with Gasteiger partial charge in [0.25, 0.3) is 5.91 Å². The second-order valence-corrected chi connectivity index (χ2v) is 7.38. The zero-order valence-electron chi connectivity index (χ0n) is 16.9. The first-order valence-corrected chi connectivity index (χ1v) is 9.71. The lowest BCUT2D eigenvalue weighted by molar-refractivity contribution is 0.0949. The average molecular weight is 373 g/mol. The van der Waals surface area contributed by atoms with Gasteiger partial charge in [-0.3, -0.25) is 4.79 Å². The fourth-order valence-electron chi connectivity index (χ4n) is 3.41. The van der Waals surface area contributed by atoms with E-state index < -0.39 is 0 Å². The molecule has 0 fully saturated rings. The third-order valence-corrected chi connectivity index (χ3v) is 5.02. The molecule has 0 aliphatic rings. The number of nitrogens with zero attached hydrogens (tertiary/aromatic N) is 1. The first kappa shape index (κ1) is 19.8. The quantitative estimate of drug-likeness (QED) is 0.627. The molecule has 28 heavy (non-hydrogen) atoms. The monoisotopic (exact) mass is 372 g/mol. The molecule has 1 N–H and O–H groups in total. The molecule has 1 atom stereocenters. The highest BCUT2D eigenvalue weighted by Gasteiger charge is 2.15. The van der Waals surface area contributed by atoms with E-state index in [1.54, 1.807) is 0 Å². The van der Waals surface area contributed by atoms with Gasteiger partial charge < -0.3 is 10.2 Å². The number of aryl methyl sites for hydroxylation is 1. The zero-order chi connectivity index (χ0) is 19.9. The SMILES string of the molecule is Cc1ccc(C(CCNC(=O)c2cccc(-c3ccccc3)c2)N(C)C)cc1. The summed E-state index contributed by atoms with van der Waals surface area (Å²) in [4.78, 5) is 14.8. The highest BCUT2D eigenvalue weighted by atomic mass is 16.1. The Hall–Kier alpha value is -2.91. The molecule has 3 heteroatoms. The van der Waals surface area contributed by atoms with Gasteiger partial charge in [-0.15, -0.1) is 0 Å². The van der Waals surface area contributed by atoms with Crippen molar-refractivity contribution in [3.05, 3.63) is 95.6 Å². The molecule has 3 aromatic rings. The van der Waals surface area contributed by atoms with E-state index in [1.165, 1.54) is 11.1 Å². The number of benzene rings is 3. The van der Waals surface area contributed by atoms with Gasteiger partial charge in [0.15, 0.2) is 0 Å². The molecule has 3 nitrogen and oxygen atoms in total. The second-order valence-electron chi connectivity index (χ2n) is 7.38. The maximum absolute atomic E-state index is 12.6. The largest absolute Gasteiger partial charge is 0.352 e. The van der Waals surface area contributed by atoms with Crippen LogP contribution >= 0.6 is 0 Å². The van der Waals surface area contributed by atoms with E-state index in [9.17, 15) is 4.79 Å². The topological polar surface area (TPSA) is 32.3 Å². The molecule has 0 spiro atoms. The summed E-state index contributed by atoms with van der Waals surface area (Å²) in [6.45, 7) is 2.73. The van der Waals surface area contributed by atoms with Gasteiger partial charge in [0.1, 0.15) is 0 Å². The van der Waals surface area contributed by atoms with Crippen molar-refractivity contribution < 1.29 is 4.79 Å². The molecule has 0 saturated carbocycles. The van der Waals surface area contributed by atoms with E-state index in [2.05, 4.69) is 67.6 Å². The van der Waals surface area contributed by atoms with Crippen LogP contribution < -0.4 is 5.32 Å². The van der Waals surface area contributed by atoms with Crippen LogP contribution in [0.25, 0.3) is 11.1 Å².